The zero-order valence-corrected chi connectivity index (χ0v) is 17.8. The van der Waals surface area contributed by atoms with E-state index in [-0.39, 0.29) is 18.7 Å². The highest BCUT2D eigenvalue weighted by Crippen LogP contribution is 2.24. The van der Waals surface area contributed by atoms with E-state index in [0.29, 0.717) is 30.0 Å². The molecule has 0 saturated carbocycles. The highest BCUT2D eigenvalue weighted by molar-refractivity contribution is 5.95. The average Bonchev–Trinajstić information content (AvgIpc) is 3.10. The second-order valence-corrected chi connectivity index (χ2v) is 6.56. The standard InChI is InChI=1S/C21H29F3N4O3/c1-4-8-17-18(15-28(26-17)16(5-2)9-7-13-25)27(6-3)19(29)10-11-20(30)31-14-12-21(22,23)24/h5,7,9,13,15H,2,4,6,8,10-12,14,25H2,1,3H3/b13-7-,16-9+. The van der Waals surface area contributed by atoms with E-state index in [0.717, 1.165) is 6.42 Å². The van der Waals surface area contributed by atoms with E-state index in [9.17, 15) is 22.8 Å². The maximum absolute atomic E-state index is 12.7. The molecule has 0 fully saturated rings. The first-order chi connectivity index (χ1) is 14.7. The van der Waals surface area contributed by atoms with Crippen molar-refractivity contribution in [3.8, 4) is 0 Å². The molecule has 10 heteroatoms. The number of alkyl halides is 3. The topological polar surface area (TPSA) is 90.5 Å². The minimum absolute atomic E-state index is 0.185. The van der Waals surface area contributed by atoms with Gasteiger partial charge in [0.25, 0.3) is 0 Å². The Morgan fingerprint density at radius 3 is 2.58 bits per heavy atom. The number of carbonyl (C=O) groups is 2. The van der Waals surface area contributed by atoms with Crippen molar-refractivity contribution >= 4 is 23.3 Å². The van der Waals surface area contributed by atoms with Crippen LogP contribution in [0, 0.1) is 0 Å². The first-order valence-electron chi connectivity index (χ1n) is 9.99. The number of ether oxygens (including phenoxy) is 1. The molecule has 172 valence electrons. The summed E-state index contributed by atoms with van der Waals surface area (Å²) in [6, 6.07) is 0. The number of anilines is 1. The lowest BCUT2D eigenvalue weighted by Crippen LogP contribution is -2.31. The molecule has 0 aromatic carbocycles. The van der Waals surface area contributed by atoms with Crippen molar-refractivity contribution in [2.45, 2.75) is 52.1 Å². The first kappa shape index (κ1) is 26.0. The number of esters is 1. The summed E-state index contributed by atoms with van der Waals surface area (Å²) < 4.78 is 42.5. The van der Waals surface area contributed by atoms with Crippen molar-refractivity contribution in [2.24, 2.45) is 5.73 Å². The van der Waals surface area contributed by atoms with Gasteiger partial charge >= 0.3 is 12.1 Å². The van der Waals surface area contributed by atoms with Gasteiger partial charge in [-0.05, 0) is 37.8 Å². The first-order valence-corrected chi connectivity index (χ1v) is 9.99. The fourth-order valence-corrected chi connectivity index (χ4v) is 2.74. The third kappa shape index (κ3) is 8.69. The van der Waals surface area contributed by atoms with Crippen LogP contribution < -0.4 is 10.6 Å². The van der Waals surface area contributed by atoms with E-state index in [1.165, 1.54) is 11.1 Å². The van der Waals surface area contributed by atoms with Gasteiger partial charge in [-0.3, -0.25) is 9.59 Å². The summed E-state index contributed by atoms with van der Waals surface area (Å²) in [7, 11) is 0. The Kier molecular flexibility index (Phi) is 10.6. The van der Waals surface area contributed by atoms with Crippen LogP contribution in [-0.4, -0.2) is 41.0 Å². The number of halogens is 3. The summed E-state index contributed by atoms with van der Waals surface area (Å²) in [4.78, 5) is 25.9. The molecule has 0 spiro atoms. The molecule has 7 nitrogen and oxygen atoms in total. The van der Waals surface area contributed by atoms with E-state index in [1.54, 1.807) is 36.0 Å². The number of nitrogens with zero attached hydrogens (tertiary/aromatic N) is 3. The number of carbonyl (C=O) groups excluding carboxylic acids is 2. The monoisotopic (exact) mass is 442 g/mol. The van der Waals surface area contributed by atoms with Gasteiger partial charge in [0, 0.05) is 13.0 Å². The fourth-order valence-electron chi connectivity index (χ4n) is 2.74. The molecule has 0 saturated heterocycles. The smallest absolute Gasteiger partial charge is 0.392 e. The minimum Gasteiger partial charge on any atom is -0.465 e. The second-order valence-electron chi connectivity index (χ2n) is 6.56. The average molecular weight is 442 g/mol. The van der Waals surface area contributed by atoms with Crippen LogP contribution in [0.2, 0.25) is 0 Å². The Labute approximate surface area is 180 Å². The zero-order chi connectivity index (χ0) is 23.4. The number of aromatic nitrogens is 2. The molecule has 31 heavy (non-hydrogen) atoms. The van der Waals surface area contributed by atoms with Gasteiger partial charge < -0.3 is 15.4 Å². The number of aryl methyl sites for hydroxylation is 1. The van der Waals surface area contributed by atoms with E-state index in [1.807, 2.05) is 6.92 Å². The van der Waals surface area contributed by atoms with E-state index < -0.39 is 25.2 Å². The second kappa shape index (κ2) is 12.6. The maximum Gasteiger partial charge on any atom is 0.392 e. The van der Waals surface area contributed by atoms with Crippen LogP contribution in [0.4, 0.5) is 18.9 Å². The lowest BCUT2D eigenvalue weighted by atomic mass is 10.2. The van der Waals surface area contributed by atoms with Gasteiger partial charge in [-0.2, -0.15) is 18.3 Å². The van der Waals surface area contributed by atoms with Crippen LogP contribution in [0.1, 0.15) is 45.2 Å². The number of hydrogen-bond donors (Lipinski definition) is 1. The van der Waals surface area contributed by atoms with Crippen LogP contribution in [0.25, 0.3) is 5.70 Å². The predicted octanol–water partition coefficient (Wildman–Crippen LogP) is 3.96. The minimum atomic E-state index is -4.40. The fraction of sp³-hybridized carbons (Fsp3) is 0.476. The third-order valence-electron chi connectivity index (χ3n) is 4.21. The van der Waals surface area contributed by atoms with Crippen LogP contribution in [-0.2, 0) is 20.7 Å². The number of nitrogens with two attached hydrogens (primary N) is 1. The molecule has 0 atom stereocenters. The van der Waals surface area contributed by atoms with Crippen molar-refractivity contribution in [1.29, 1.82) is 0 Å². The van der Waals surface area contributed by atoms with Crippen LogP contribution in [0.3, 0.4) is 0 Å². The number of amides is 1. The summed E-state index contributed by atoms with van der Waals surface area (Å²) >= 11 is 0. The summed E-state index contributed by atoms with van der Waals surface area (Å²) in [6.45, 7) is 7.11. The molecule has 0 bridgehead atoms. The molecule has 0 aliphatic heterocycles. The molecule has 0 unspecified atom stereocenters. The van der Waals surface area contributed by atoms with E-state index in [2.05, 4.69) is 16.4 Å². The Morgan fingerprint density at radius 1 is 1.32 bits per heavy atom. The molecule has 1 aromatic heterocycles. The Bertz CT molecular complexity index is 813. The van der Waals surface area contributed by atoms with Gasteiger partial charge in [0.2, 0.25) is 5.91 Å². The third-order valence-corrected chi connectivity index (χ3v) is 4.21. The van der Waals surface area contributed by atoms with E-state index >= 15 is 0 Å². The number of hydrogen-bond acceptors (Lipinski definition) is 5. The Morgan fingerprint density at radius 2 is 2.03 bits per heavy atom. The van der Waals surface area contributed by atoms with E-state index in [4.69, 9.17) is 5.73 Å². The SMILES string of the molecule is C=C/C(=C\C=C/N)n1cc(N(CC)C(=O)CCC(=O)OCCC(F)(F)F)c(CCC)n1. The molecular formula is C21H29F3N4O3. The molecule has 0 aliphatic rings. The molecule has 1 heterocycles. The molecule has 1 rings (SSSR count). The van der Waals surface area contributed by atoms with Crippen LogP contribution in [0.15, 0.2) is 37.2 Å². The molecule has 0 aliphatic carbocycles. The van der Waals surface area contributed by atoms with Gasteiger partial charge in [0.15, 0.2) is 0 Å². The van der Waals surface area contributed by atoms with Crippen LogP contribution in [0.5, 0.6) is 0 Å². The highest BCUT2D eigenvalue weighted by Gasteiger charge is 2.27. The Hall–Kier alpha value is -3.04. The van der Waals surface area contributed by atoms with Crippen LogP contribution >= 0.6 is 0 Å². The molecular weight excluding hydrogens is 413 g/mol. The van der Waals surface area contributed by atoms with Gasteiger partial charge in [-0.1, -0.05) is 19.9 Å². The zero-order valence-electron chi connectivity index (χ0n) is 17.8. The Balaban J connectivity index is 2.93. The van der Waals surface area contributed by atoms with Gasteiger partial charge in [0.05, 0.1) is 42.7 Å². The maximum atomic E-state index is 12.7. The van der Waals surface area contributed by atoms with Gasteiger partial charge in [0.1, 0.15) is 0 Å². The van der Waals surface area contributed by atoms with Crippen molar-refractivity contribution in [2.75, 3.05) is 18.1 Å². The molecule has 0 radical (unpaired) electrons. The molecule has 1 aromatic rings. The summed E-state index contributed by atoms with van der Waals surface area (Å²) in [5.74, 6) is -1.19. The van der Waals surface area contributed by atoms with Crippen molar-refractivity contribution in [3.05, 3.63) is 42.9 Å². The predicted molar refractivity (Wildman–Crippen MR) is 113 cm³/mol. The summed E-state index contributed by atoms with van der Waals surface area (Å²) in [5, 5.41) is 4.54. The van der Waals surface area contributed by atoms with Crippen molar-refractivity contribution in [3.63, 3.8) is 0 Å². The van der Waals surface area contributed by atoms with Crippen molar-refractivity contribution in [1.82, 2.24) is 9.78 Å². The number of rotatable bonds is 12. The largest absolute Gasteiger partial charge is 0.465 e. The molecule has 1 amide bonds. The van der Waals surface area contributed by atoms with Gasteiger partial charge in [-0.25, -0.2) is 4.68 Å². The normalized spacial score (nSPS) is 12.2. The summed E-state index contributed by atoms with van der Waals surface area (Å²) in [6.07, 6.45) is 3.35. The van der Waals surface area contributed by atoms with Crippen molar-refractivity contribution < 1.29 is 27.5 Å². The lowest BCUT2D eigenvalue weighted by molar-refractivity contribution is -0.159. The molecule has 2 N–H and O–H groups in total. The quantitative estimate of drug-likeness (QED) is 0.391. The lowest BCUT2D eigenvalue weighted by Gasteiger charge is -2.20. The van der Waals surface area contributed by atoms with Gasteiger partial charge in [-0.15, -0.1) is 0 Å². The number of allylic oxidation sites excluding steroid dienone is 4. The summed E-state index contributed by atoms with van der Waals surface area (Å²) in [5.41, 5.74) is 7.34. The highest BCUT2D eigenvalue weighted by atomic mass is 19.4.